The maximum atomic E-state index is 12.6. The minimum absolute atomic E-state index is 0.0345. The number of rotatable bonds is 5. The third-order valence-electron chi connectivity index (χ3n) is 3.65. The number of thioether (sulfide) groups is 1. The molecule has 2 aromatic heterocycles. The molecular weight excluding hydrogens is 420 g/mol. The summed E-state index contributed by atoms with van der Waals surface area (Å²) in [5.74, 6) is -1.11. The molecule has 2 heterocycles. The van der Waals surface area contributed by atoms with Crippen molar-refractivity contribution < 1.29 is 19.1 Å². The molecule has 2 aromatic carbocycles. The normalized spacial score (nSPS) is 11.1. The zero-order valence-electron chi connectivity index (χ0n) is 13.2. The summed E-state index contributed by atoms with van der Waals surface area (Å²) >= 11 is 4.56. The molecule has 0 fully saturated rings. The van der Waals surface area contributed by atoms with Crippen LogP contribution in [0.2, 0.25) is 0 Å². The smallest absolute Gasteiger partial charge is 0.307 e. The number of fused-ring (bicyclic) bond motifs is 1. The van der Waals surface area contributed by atoms with E-state index in [1.54, 1.807) is 24.3 Å². The van der Waals surface area contributed by atoms with Gasteiger partial charge in [-0.3, -0.25) is 4.79 Å². The number of ketones is 1. The van der Waals surface area contributed by atoms with Crippen molar-refractivity contribution in [1.82, 2.24) is 15.2 Å². The van der Waals surface area contributed by atoms with E-state index in [-0.39, 0.29) is 17.2 Å². The maximum Gasteiger partial charge on any atom is 0.307 e. The number of carbonyl (C=O) groups is 1. The molecule has 0 amide bonds. The fraction of sp³-hybridized carbons (Fsp3) is 0.0588. The monoisotopic (exact) mass is 430 g/mol. The molecule has 9 heteroatoms. The molecule has 0 aliphatic heterocycles. The minimum Gasteiger partial charge on any atom is -0.539 e. The van der Waals surface area contributed by atoms with Gasteiger partial charge in [0, 0.05) is 16.6 Å². The Morgan fingerprint density at radius 1 is 1.23 bits per heavy atom. The molecule has 7 nitrogen and oxygen atoms in total. The third-order valence-corrected chi connectivity index (χ3v) is 5.06. The van der Waals surface area contributed by atoms with Gasteiger partial charge < -0.3 is 14.6 Å². The Kier molecular flexibility index (Phi) is 4.48. The van der Waals surface area contributed by atoms with Crippen LogP contribution in [0.3, 0.4) is 0 Å². The molecule has 0 saturated carbocycles. The first-order chi connectivity index (χ1) is 12.6. The highest BCUT2D eigenvalue weighted by Crippen LogP contribution is 2.21. The average molecular weight is 431 g/mol. The van der Waals surface area contributed by atoms with Crippen molar-refractivity contribution in [2.45, 2.75) is 5.16 Å². The summed E-state index contributed by atoms with van der Waals surface area (Å²) in [7, 11) is 0. The zero-order valence-corrected chi connectivity index (χ0v) is 15.6. The van der Waals surface area contributed by atoms with Crippen LogP contribution < -0.4 is 9.79 Å². The summed E-state index contributed by atoms with van der Waals surface area (Å²) < 4.78 is 6.79. The van der Waals surface area contributed by atoms with E-state index >= 15 is 0 Å². The molecule has 0 saturated heterocycles. The first-order valence-electron chi connectivity index (χ1n) is 7.57. The van der Waals surface area contributed by atoms with Crippen LogP contribution >= 0.6 is 27.7 Å². The molecule has 0 radical (unpaired) electrons. The number of nitrogens with one attached hydrogen (secondary N) is 1. The molecule has 0 atom stereocenters. The number of imidazole rings is 1. The fourth-order valence-electron chi connectivity index (χ4n) is 2.44. The number of nitrogens with zero attached hydrogens (tertiary/aromatic N) is 3. The number of aromatic amines is 1. The van der Waals surface area contributed by atoms with Gasteiger partial charge in [0.2, 0.25) is 11.5 Å². The van der Waals surface area contributed by atoms with Gasteiger partial charge in [0.05, 0.1) is 22.1 Å². The Morgan fingerprint density at radius 3 is 2.77 bits per heavy atom. The number of Topliss-reactive ketones (excluding diaryl/α,β-unsaturated/α-hetero) is 1. The molecule has 0 aliphatic rings. The first-order valence-corrected chi connectivity index (χ1v) is 9.35. The second kappa shape index (κ2) is 6.93. The molecular formula is C17H11BrN4O3S. The summed E-state index contributed by atoms with van der Waals surface area (Å²) in [6.45, 7) is 0. The van der Waals surface area contributed by atoms with Gasteiger partial charge in [-0.05, 0) is 28.9 Å². The van der Waals surface area contributed by atoms with Crippen molar-refractivity contribution in [3.05, 3.63) is 58.7 Å². The van der Waals surface area contributed by atoms with Crippen LogP contribution in [0.5, 0.6) is 5.95 Å². The van der Waals surface area contributed by atoms with Crippen LogP contribution in [0.15, 0.2) is 62.7 Å². The van der Waals surface area contributed by atoms with E-state index in [1.807, 2.05) is 24.3 Å². The maximum absolute atomic E-state index is 12.6. The lowest BCUT2D eigenvalue weighted by molar-refractivity contribution is -0.672. The van der Waals surface area contributed by atoms with Crippen molar-refractivity contribution in [2.24, 2.45) is 0 Å². The summed E-state index contributed by atoms with van der Waals surface area (Å²) in [4.78, 5) is 20.1. The molecule has 26 heavy (non-hydrogen) atoms. The van der Waals surface area contributed by atoms with E-state index < -0.39 is 5.95 Å². The third kappa shape index (κ3) is 3.23. The van der Waals surface area contributed by atoms with E-state index in [4.69, 9.17) is 4.52 Å². The number of para-hydroxylation sites is 2. The quantitative estimate of drug-likeness (QED) is 0.296. The van der Waals surface area contributed by atoms with Gasteiger partial charge in [-0.1, -0.05) is 39.8 Å². The van der Waals surface area contributed by atoms with E-state index in [1.165, 1.54) is 16.4 Å². The second-order valence-corrected chi connectivity index (χ2v) is 7.25. The van der Waals surface area contributed by atoms with Crippen LogP contribution in [-0.2, 0) is 0 Å². The topological polar surface area (TPSA) is 98.7 Å². The van der Waals surface area contributed by atoms with Gasteiger partial charge in [0.25, 0.3) is 0 Å². The SMILES string of the molecule is O=C(CSc1nc2ccccc2[nH]1)c1c([O-])on[n+]1-c1ccc(Br)cc1. The highest BCUT2D eigenvalue weighted by Gasteiger charge is 2.27. The highest BCUT2D eigenvalue weighted by molar-refractivity contribution is 9.10. The van der Waals surface area contributed by atoms with Crippen LogP contribution in [0.25, 0.3) is 16.7 Å². The standard InChI is InChI=1S/C17H11BrN4O3S/c18-10-5-7-11(8-6-10)22-15(16(24)25-21-22)14(23)9-26-17-19-12-3-1-2-4-13(12)20-17/h1-8H,9H2,(H-,19,20,21,23,24). The van der Waals surface area contributed by atoms with Crippen LogP contribution in [0.4, 0.5) is 0 Å². The predicted molar refractivity (Wildman–Crippen MR) is 96.3 cm³/mol. The molecule has 130 valence electrons. The van der Waals surface area contributed by atoms with Gasteiger partial charge in [0.1, 0.15) is 0 Å². The Labute approximate surface area is 160 Å². The van der Waals surface area contributed by atoms with Crippen LogP contribution in [-0.4, -0.2) is 26.8 Å². The number of halogens is 1. The van der Waals surface area contributed by atoms with Gasteiger partial charge in [0.15, 0.2) is 11.1 Å². The van der Waals surface area contributed by atoms with Crippen molar-refractivity contribution >= 4 is 44.5 Å². The van der Waals surface area contributed by atoms with Crippen LogP contribution in [0.1, 0.15) is 10.5 Å². The predicted octanol–water partition coefficient (Wildman–Crippen LogP) is 2.64. The van der Waals surface area contributed by atoms with E-state index in [2.05, 4.69) is 31.2 Å². The second-order valence-electron chi connectivity index (χ2n) is 5.37. The Balaban J connectivity index is 1.56. The molecule has 0 spiro atoms. The fourth-order valence-corrected chi connectivity index (χ4v) is 3.45. The first kappa shape index (κ1) is 16.8. The molecule has 1 N–H and O–H groups in total. The molecule has 4 rings (SSSR count). The number of benzene rings is 2. The molecule has 4 aromatic rings. The van der Waals surface area contributed by atoms with E-state index in [9.17, 15) is 9.90 Å². The summed E-state index contributed by atoms with van der Waals surface area (Å²) in [5, 5.41) is 16.3. The Bertz CT molecular complexity index is 1060. The zero-order chi connectivity index (χ0) is 18.1. The Morgan fingerprint density at radius 2 is 2.00 bits per heavy atom. The molecule has 0 aliphatic carbocycles. The van der Waals surface area contributed by atoms with Gasteiger partial charge >= 0.3 is 5.69 Å². The van der Waals surface area contributed by atoms with E-state index in [0.717, 1.165) is 15.5 Å². The van der Waals surface area contributed by atoms with Crippen LogP contribution in [0, 0.1) is 0 Å². The lowest BCUT2D eigenvalue weighted by atomic mass is 10.3. The van der Waals surface area contributed by atoms with Gasteiger partial charge in [-0.25, -0.2) is 4.98 Å². The minimum atomic E-state index is -0.761. The largest absolute Gasteiger partial charge is 0.539 e. The van der Waals surface area contributed by atoms with Crippen molar-refractivity contribution in [3.63, 3.8) is 0 Å². The van der Waals surface area contributed by atoms with E-state index in [0.29, 0.717) is 10.8 Å². The molecule has 0 unspecified atom stereocenters. The number of hydrogen-bond donors (Lipinski definition) is 1. The van der Waals surface area contributed by atoms with Crippen molar-refractivity contribution in [1.29, 1.82) is 0 Å². The van der Waals surface area contributed by atoms with Gasteiger partial charge in [-0.15, -0.1) is 0 Å². The number of hydrogen-bond acceptors (Lipinski definition) is 6. The average Bonchev–Trinajstić information content (AvgIpc) is 3.23. The lowest BCUT2D eigenvalue weighted by Gasteiger charge is -1.98. The Hall–Kier alpha value is -2.65. The summed E-state index contributed by atoms with van der Waals surface area (Å²) in [5.41, 5.74) is 2.16. The summed E-state index contributed by atoms with van der Waals surface area (Å²) in [6.07, 6.45) is 0. The van der Waals surface area contributed by atoms with Gasteiger partial charge in [-0.2, -0.15) is 0 Å². The van der Waals surface area contributed by atoms with Crippen molar-refractivity contribution in [2.75, 3.05) is 5.75 Å². The highest BCUT2D eigenvalue weighted by atomic mass is 79.9. The number of aromatic nitrogens is 4. The molecule has 0 bridgehead atoms. The van der Waals surface area contributed by atoms with Crippen molar-refractivity contribution in [3.8, 4) is 11.6 Å². The number of H-pyrrole nitrogens is 1. The lowest BCUT2D eigenvalue weighted by Crippen LogP contribution is -2.39. The summed E-state index contributed by atoms with van der Waals surface area (Å²) in [6, 6.07) is 14.6. The number of carbonyl (C=O) groups excluding carboxylic acids is 1.